The van der Waals surface area contributed by atoms with Crippen LogP contribution in [0.5, 0.6) is 0 Å². The molecule has 24 heavy (non-hydrogen) atoms. The second kappa shape index (κ2) is 6.72. The van der Waals surface area contributed by atoms with E-state index in [1.807, 2.05) is 6.92 Å². The Balaban J connectivity index is 0.00000208. The van der Waals surface area contributed by atoms with Crippen LogP contribution in [0.3, 0.4) is 0 Å². The molecule has 0 bridgehead atoms. The van der Waals surface area contributed by atoms with Crippen LogP contribution in [0.4, 0.5) is 13.2 Å². The number of halogens is 4. The Labute approximate surface area is 144 Å². The van der Waals surface area contributed by atoms with Gasteiger partial charge in [0.1, 0.15) is 0 Å². The van der Waals surface area contributed by atoms with Crippen molar-refractivity contribution in [1.29, 1.82) is 0 Å². The summed E-state index contributed by atoms with van der Waals surface area (Å²) in [6.07, 6.45) is -1.04. The lowest BCUT2D eigenvalue weighted by molar-refractivity contribution is -0.137. The topological polar surface area (TPSA) is 64.9 Å². The van der Waals surface area contributed by atoms with E-state index in [4.69, 9.17) is 10.3 Å². The van der Waals surface area contributed by atoms with Gasteiger partial charge in [-0.2, -0.15) is 18.2 Å². The fourth-order valence-corrected chi connectivity index (χ4v) is 2.69. The molecule has 1 fully saturated rings. The summed E-state index contributed by atoms with van der Waals surface area (Å²) >= 11 is 0. The lowest BCUT2D eigenvalue weighted by atomic mass is 9.77. The summed E-state index contributed by atoms with van der Waals surface area (Å²) in [6.45, 7) is 1.90. The van der Waals surface area contributed by atoms with Crippen molar-refractivity contribution in [2.75, 3.05) is 0 Å². The van der Waals surface area contributed by atoms with E-state index in [0.717, 1.165) is 37.0 Å². The molecular formula is C16H19ClF3N3O. The monoisotopic (exact) mass is 361 g/mol. The number of aromatic nitrogens is 2. The fraction of sp³-hybridized carbons (Fsp3) is 0.500. The van der Waals surface area contributed by atoms with E-state index < -0.39 is 17.3 Å². The van der Waals surface area contributed by atoms with Crippen LogP contribution in [-0.4, -0.2) is 10.1 Å². The Morgan fingerprint density at radius 3 is 2.38 bits per heavy atom. The summed E-state index contributed by atoms with van der Waals surface area (Å²) < 4.78 is 42.9. The minimum Gasteiger partial charge on any atom is -0.339 e. The van der Waals surface area contributed by atoms with Gasteiger partial charge in [-0.3, -0.25) is 0 Å². The van der Waals surface area contributed by atoms with Crippen molar-refractivity contribution in [2.24, 2.45) is 5.73 Å². The van der Waals surface area contributed by atoms with E-state index in [1.165, 1.54) is 12.1 Å². The number of hydrogen-bond donors (Lipinski definition) is 1. The molecule has 2 aromatic rings. The zero-order chi connectivity index (χ0) is 16.7. The van der Waals surface area contributed by atoms with Gasteiger partial charge in [-0.05, 0) is 43.4 Å². The van der Waals surface area contributed by atoms with Gasteiger partial charge in [0.15, 0.2) is 5.82 Å². The van der Waals surface area contributed by atoms with Crippen LogP contribution in [0.1, 0.15) is 54.9 Å². The van der Waals surface area contributed by atoms with Crippen LogP contribution >= 0.6 is 12.4 Å². The average Bonchev–Trinajstić information content (AvgIpc) is 2.94. The van der Waals surface area contributed by atoms with Crippen LogP contribution in [0.15, 0.2) is 28.8 Å². The van der Waals surface area contributed by atoms with Gasteiger partial charge in [0, 0.05) is 5.92 Å². The van der Waals surface area contributed by atoms with Gasteiger partial charge >= 0.3 is 6.18 Å². The quantitative estimate of drug-likeness (QED) is 0.886. The van der Waals surface area contributed by atoms with Crippen molar-refractivity contribution in [3.63, 3.8) is 0 Å². The molecule has 132 valence electrons. The second-order valence-corrected chi connectivity index (χ2v) is 6.27. The van der Waals surface area contributed by atoms with Crippen molar-refractivity contribution >= 4 is 12.4 Å². The molecule has 2 N–H and O–H groups in total. The first kappa shape index (κ1) is 18.7. The second-order valence-electron chi connectivity index (χ2n) is 6.27. The molecule has 3 rings (SSSR count). The van der Waals surface area contributed by atoms with Gasteiger partial charge in [-0.1, -0.05) is 24.2 Å². The third-order valence-corrected chi connectivity index (χ3v) is 4.38. The molecule has 4 nitrogen and oxygen atoms in total. The van der Waals surface area contributed by atoms with E-state index in [-0.39, 0.29) is 18.3 Å². The van der Waals surface area contributed by atoms with Crippen molar-refractivity contribution in [3.05, 3.63) is 47.1 Å². The standard InChI is InChI=1S/C16H18F3N3O.ClH/c1-10(9-11-3-5-12(6-4-11)16(17,18)19)13-21-14(22-23-13)15(20)7-2-8-15;/h3-6,10H,2,7-9,20H2,1H3;1H. The number of hydrogen-bond acceptors (Lipinski definition) is 4. The Bertz CT molecular complexity index is 681. The lowest BCUT2D eigenvalue weighted by Crippen LogP contribution is -2.44. The first-order valence-electron chi connectivity index (χ1n) is 7.57. The number of alkyl halides is 3. The number of nitrogens with two attached hydrogens (primary N) is 1. The van der Waals surface area contributed by atoms with E-state index >= 15 is 0 Å². The molecular weight excluding hydrogens is 343 g/mol. The Morgan fingerprint density at radius 1 is 1.25 bits per heavy atom. The lowest BCUT2D eigenvalue weighted by Gasteiger charge is -2.34. The number of benzene rings is 1. The predicted molar refractivity (Wildman–Crippen MR) is 84.8 cm³/mol. The predicted octanol–water partition coefficient (Wildman–Crippen LogP) is 4.19. The Kier molecular flexibility index (Phi) is 5.25. The summed E-state index contributed by atoms with van der Waals surface area (Å²) in [5.74, 6) is 0.909. The zero-order valence-electron chi connectivity index (χ0n) is 13.1. The summed E-state index contributed by atoms with van der Waals surface area (Å²) in [4.78, 5) is 4.37. The van der Waals surface area contributed by atoms with Gasteiger partial charge in [-0.25, -0.2) is 0 Å². The minimum absolute atomic E-state index is 0. The molecule has 1 unspecified atom stereocenters. The largest absolute Gasteiger partial charge is 0.416 e. The Hall–Kier alpha value is -1.60. The van der Waals surface area contributed by atoms with E-state index in [2.05, 4.69) is 10.1 Å². The van der Waals surface area contributed by atoms with E-state index in [1.54, 1.807) is 0 Å². The van der Waals surface area contributed by atoms with E-state index in [0.29, 0.717) is 18.1 Å². The average molecular weight is 362 g/mol. The van der Waals surface area contributed by atoms with Gasteiger partial charge in [0.2, 0.25) is 5.89 Å². The van der Waals surface area contributed by atoms with Crippen molar-refractivity contribution < 1.29 is 17.7 Å². The van der Waals surface area contributed by atoms with Crippen LogP contribution in [0.25, 0.3) is 0 Å². The first-order valence-corrected chi connectivity index (χ1v) is 7.57. The summed E-state index contributed by atoms with van der Waals surface area (Å²) in [6, 6.07) is 5.13. The zero-order valence-corrected chi connectivity index (χ0v) is 14.0. The van der Waals surface area contributed by atoms with Gasteiger partial charge < -0.3 is 10.3 Å². The van der Waals surface area contributed by atoms with Gasteiger partial charge in [0.25, 0.3) is 0 Å². The van der Waals surface area contributed by atoms with Crippen LogP contribution < -0.4 is 5.73 Å². The highest BCUT2D eigenvalue weighted by atomic mass is 35.5. The number of rotatable bonds is 4. The summed E-state index contributed by atoms with van der Waals surface area (Å²) in [7, 11) is 0. The summed E-state index contributed by atoms with van der Waals surface area (Å²) in [5, 5.41) is 3.96. The molecule has 0 radical (unpaired) electrons. The molecule has 0 saturated heterocycles. The molecule has 1 aromatic heterocycles. The van der Waals surface area contributed by atoms with Crippen molar-refractivity contribution in [3.8, 4) is 0 Å². The molecule has 1 saturated carbocycles. The smallest absolute Gasteiger partial charge is 0.339 e. The third-order valence-electron chi connectivity index (χ3n) is 4.38. The minimum atomic E-state index is -4.32. The first-order chi connectivity index (χ1) is 10.8. The highest BCUT2D eigenvalue weighted by Gasteiger charge is 2.39. The van der Waals surface area contributed by atoms with Gasteiger partial charge in [0.05, 0.1) is 11.1 Å². The van der Waals surface area contributed by atoms with Crippen molar-refractivity contribution in [2.45, 2.75) is 50.2 Å². The maximum atomic E-state index is 12.6. The highest BCUT2D eigenvalue weighted by molar-refractivity contribution is 5.85. The molecule has 1 aliphatic rings. The number of nitrogens with zero attached hydrogens (tertiary/aromatic N) is 2. The highest BCUT2D eigenvalue weighted by Crippen LogP contribution is 2.37. The van der Waals surface area contributed by atoms with Crippen LogP contribution in [0, 0.1) is 0 Å². The maximum absolute atomic E-state index is 12.6. The molecule has 1 aromatic carbocycles. The van der Waals surface area contributed by atoms with E-state index in [9.17, 15) is 13.2 Å². The molecule has 1 aliphatic carbocycles. The molecule has 0 aliphatic heterocycles. The van der Waals surface area contributed by atoms with Crippen LogP contribution in [0.2, 0.25) is 0 Å². The van der Waals surface area contributed by atoms with Crippen molar-refractivity contribution in [1.82, 2.24) is 10.1 Å². The maximum Gasteiger partial charge on any atom is 0.416 e. The Morgan fingerprint density at radius 2 is 1.88 bits per heavy atom. The molecule has 0 amide bonds. The molecule has 0 spiro atoms. The molecule has 1 atom stereocenters. The fourth-order valence-electron chi connectivity index (χ4n) is 2.69. The molecule has 1 heterocycles. The summed E-state index contributed by atoms with van der Waals surface area (Å²) in [5.41, 5.74) is 5.82. The normalized spacial score (nSPS) is 17.7. The third kappa shape index (κ3) is 3.72. The van der Waals surface area contributed by atoms with Gasteiger partial charge in [-0.15, -0.1) is 12.4 Å². The molecule has 8 heteroatoms. The SMILES string of the molecule is CC(Cc1ccc(C(F)(F)F)cc1)c1nc(C2(N)CCC2)no1.Cl. The van der Waals surface area contributed by atoms with Crippen LogP contribution in [-0.2, 0) is 18.1 Å².